The highest BCUT2D eigenvalue weighted by molar-refractivity contribution is 14.0. The van der Waals surface area contributed by atoms with Crippen LogP contribution in [-0.2, 0) is 10.0 Å². The second-order valence-corrected chi connectivity index (χ2v) is 8.23. The van der Waals surface area contributed by atoms with Crippen molar-refractivity contribution in [2.24, 2.45) is 4.99 Å². The molecule has 1 atom stereocenters. The second-order valence-electron chi connectivity index (χ2n) is 6.14. The van der Waals surface area contributed by atoms with Gasteiger partial charge in [-0.1, -0.05) is 18.2 Å². The summed E-state index contributed by atoms with van der Waals surface area (Å²) in [5.41, 5.74) is 1.10. The van der Waals surface area contributed by atoms with Gasteiger partial charge >= 0.3 is 0 Å². The number of halogens is 1. The summed E-state index contributed by atoms with van der Waals surface area (Å²) in [6.07, 6.45) is 0.682. The smallest absolute Gasteiger partial charge is 0.214 e. The highest BCUT2D eigenvalue weighted by Crippen LogP contribution is 2.17. The molecule has 9 heteroatoms. The zero-order valence-electron chi connectivity index (χ0n) is 15.6. The van der Waals surface area contributed by atoms with Gasteiger partial charge in [-0.15, -0.1) is 24.0 Å². The van der Waals surface area contributed by atoms with Gasteiger partial charge in [-0.3, -0.25) is 4.99 Å². The monoisotopic (exact) mass is 496 g/mol. The first-order chi connectivity index (χ1) is 11.9. The lowest BCUT2D eigenvalue weighted by Crippen LogP contribution is -2.44. The van der Waals surface area contributed by atoms with E-state index in [1.165, 1.54) is 4.31 Å². The van der Waals surface area contributed by atoms with Crippen molar-refractivity contribution >= 4 is 40.0 Å². The van der Waals surface area contributed by atoms with Gasteiger partial charge in [0.2, 0.25) is 10.0 Å². The minimum Gasteiger partial charge on any atom is -0.489 e. The summed E-state index contributed by atoms with van der Waals surface area (Å²) >= 11 is 0. The zero-order valence-corrected chi connectivity index (χ0v) is 18.7. The van der Waals surface area contributed by atoms with Crippen molar-refractivity contribution in [3.8, 4) is 5.75 Å². The van der Waals surface area contributed by atoms with Crippen LogP contribution < -0.4 is 15.4 Å². The maximum atomic E-state index is 11.8. The van der Waals surface area contributed by atoms with E-state index in [9.17, 15) is 8.42 Å². The number of rotatable bonds is 7. The van der Waals surface area contributed by atoms with Gasteiger partial charge in [0.15, 0.2) is 5.96 Å². The van der Waals surface area contributed by atoms with E-state index in [1.807, 2.05) is 38.1 Å². The van der Waals surface area contributed by atoms with Crippen LogP contribution in [0.2, 0.25) is 0 Å². The average molecular weight is 496 g/mol. The molecule has 0 amide bonds. The Balaban J connectivity index is 0.00000338. The van der Waals surface area contributed by atoms with Gasteiger partial charge in [-0.2, -0.15) is 0 Å². The van der Waals surface area contributed by atoms with E-state index in [0.29, 0.717) is 38.6 Å². The molecule has 0 bridgehead atoms. The molecule has 1 aliphatic heterocycles. The summed E-state index contributed by atoms with van der Waals surface area (Å²) in [6.45, 7) is 6.18. The molecule has 26 heavy (non-hydrogen) atoms. The van der Waals surface area contributed by atoms with E-state index < -0.39 is 10.0 Å². The lowest BCUT2D eigenvalue weighted by molar-refractivity contribution is 0.222. The van der Waals surface area contributed by atoms with Crippen LogP contribution in [-0.4, -0.2) is 63.8 Å². The van der Waals surface area contributed by atoms with E-state index >= 15 is 0 Å². The fourth-order valence-electron chi connectivity index (χ4n) is 2.65. The standard InChI is InChI=1S/C17H28N4O3S.HI/c1-14-7-4-5-8-16(14)24-15(2)13-20-17(18-3)19-9-11-21-10-6-12-25(21,22)23;/h4-5,7-8,15H,6,9-13H2,1-3H3,(H2,18,19,20);1H. The SMILES string of the molecule is CN=C(NCCN1CCCS1(=O)=O)NCC(C)Oc1ccccc1C.I. The molecule has 1 heterocycles. The molecule has 1 aromatic carbocycles. The maximum Gasteiger partial charge on any atom is 0.214 e. The first-order valence-electron chi connectivity index (χ1n) is 8.57. The van der Waals surface area contributed by atoms with Crippen LogP contribution in [0, 0.1) is 6.92 Å². The zero-order chi connectivity index (χ0) is 18.3. The Morgan fingerprint density at radius 1 is 1.35 bits per heavy atom. The highest BCUT2D eigenvalue weighted by atomic mass is 127. The van der Waals surface area contributed by atoms with Crippen molar-refractivity contribution in [1.82, 2.24) is 14.9 Å². The molecule has 148 valence electrons. The number of nitrogens with one attached hydrogen (secondary N) is 2. The largest absolute Gasteiger partial charge is 0.489 e. The molecular weight excluding hydrogens is 467 g/mol. The van der Waals surface area contributed by atoms with Crippen molar-refractivity contribution in [3.63, 3.8) is 0 Å². The fourth-order valence-corrected chi connectivity index (χ4v) is 4.18. The first-order valence-corrected chi connectivity index (χ1v) is 10.2. The van der Waals surface area contributed by atoms with Gasteiger partial charge in [-0.25, -0.2) is 12.7 Å². The molecule has 0 spiro atoms. The lowest BCUT2D eigenvalue weighted by atomic mass is 10.2. The Morgan fingerprint density at radius 2 is 2.08 bits per heavy atom. The summed E-state index contributed by atoms with van der Waals surface area (Å²) < 4.78 is 31.0. The maximum absolute atomic E-state index is 11.8. The second kappa shape index (κ2) is 10.9. The number of aryl methyl sites for hydroxylation is 1. The number of hydrogen-bond acceptors (Lipinski definition) is 4. The van der Waals surface area contributed by atoms with Crippen molar-refractivity contribution in [2.45, 2.75) is 26.4 Å². The number of ether oxygens (including phenoxy) is 1. The number of hydrogen-bond donors (Lipinski definition) is 2. The minimum atomic E-state index is -3.04. The summed E-state index contributed by atoms with van der Waals surface area (Å²) in [7, 11) is -1.35. The van der Waals surface area contributed by atoms with Crippen LogP contribution in [0.1, 0.15) is 18.9 Å². The number of nitrogens with zero attached hydrogens (tertiary/aromatic N) is 2. The van der Waals surface area contributed by atoms with Gasteiger partial charge in [-0.05, 0) is 31.9 Å². The van der Waals surface area contributed by atoms with Crippen LogP contribution >= 0.6 is 24.0 Å². The molecule has 7 nitrogen and oxygen atoms in total. The fraction of sp³-hybridized carbons (Fsp3) is 0.588. The van der Waals surface area contributed by atoms with Crippen LogP contribution in [0.25, 0.3) is 0 Å². The molecule has 2 rings (SSSR count). The van der Waals surface area contributed by atoms with Crippen molar-refractivity contribution < 1.29 is 13.2 Å². The summed E-state index contributed by atoms with van der Waals surface area (Å²) in [5, 5.41) is 6.34. The van der Waals surface area contributed by atoms with Gasteiger partial charge in [0.05, 0.1) is 12.3 Å². The van der Waals surface area contributed by atoms with Gasteiger partial charge in [0.1, 0.15) is 11.9 Å². The number of sulfonamides is 1. The Hall–Kier alpha value is -1.07. The third kappa shape index (κ3) is 6.92. The minimum absolute atomic E-state index is 0. The van der Waals surface area contributed by atoms with E-state index in [4.69, 9.17) is 4.74 Å². The normalized spacial score (nSPS) is 18.0. The molecule has 2 N–H and O–H groups in total. The summed E-state index contributed by atoms with van der Waals surface area (Å²) in [5.74, 6) is 1.77. The molecule has 1 saturated heterocycles. The molecule has 1 unspecified atom stereocenters. The molecule has 1 fully saturated rings. The Bertz CT molecular complexity index is 697. The van der Waals surface area contributed by atoms with Crippen molar-refractivity contribution in [2.75, 3.05) is 39.0 Å². The topological polar surface area (TPSA) is 83.0 Å². The van der Waals surface area contributed by atoms with Gasteiger partial charge in [0.25, 0.3) is 0 Å². The lowest BCUT2D eigenvalue weighted by Gasteiger charge is -2.19. The number of aliphatic imine (C=N–C) groups is 1. The molecule has 0 saturated carbocycles. The molecule has 1 aromatic rings. The van der Waals surface area contributed by atoms with E-state index in [2.05, 4.69) is 15.6 Å². The van der Waals surface area contributed by atoms with Gasteiger partial charge in [0, 0.05) is 26.7 Å². The highest BCUT2D eigenvalue weighted by Gasteiger charge is 2.27. The van der Waals surface area contributed by atoms with E-state index in [-0.39, 0.29) is 35.8 Å². The quantitative estimate of drug-likeness (QED) is 0.341. The van der Waals surface area contributed by atoms with Crippen LogP contribution in [0.3, 0.4) is 0 Å². The Kier molecular flexibility index (Phi) is 9.66. The predicted octanol–water partition coefficient (Wildman–Crippen LogP) is 1.58. The van der Waals surface area contributed by atoms with E-state index in [0.717, 1.165) is 11.3 Å². The third-order valence-corrected chi connectivity index (χ3v) is 6.02. The van der Waals surface area contributed by atoms with Crippen molar-refractivity contribution in [3.05, 3.63) is 29.8 Å². The van der Waals surface area contributed by atoms with Crippen LogP contribution in [0.4, 0.5) is 0 Å². The summed E-state index contributed by atoms with van der Waals surface area (Å²) in [6, 6.07) is 7.91. The number of para-hydroxylation sites is 1. The third-order valence-electron chi connectivity index (χ3n) is 4.06. The van der Waals surface area contributed by atoms with Crippen molar-refractivity contribution in [1.29, 1.82) is 0 Å². The van der Waals surface area contributed by atoms with Crippen LogP contribution in [0.5, 0.6) is 5.75 Å². The molecule has 0 radical (unpaired) electrons. The van der Waals surface area contributed by atoms with Crippen LogP contribution in [0.15, 0.2) is 29.3 Å². The first kappa shape index (κ1) is 23.0. The predicted molar refractivity (Wildman–Crippen MR) is 116 cm³/mol. The Morgan fingerprint density at radius 3 is 2.69 bits per heavy atom. The Labute approximate surface area is 173 Å². The average Bonchev–Trinajstić information content (AvgIpc) is 2.91. The molecule has 0 aliphatic carbocycles. The molecule has 1 aliphatic rings. The van der Waals surface area contributed by atoms with E-state index in [1.54, 1.807) is 7.05 Å². The molecular formula is C17H29IN4O3S. The summed E-state index contributed by atoms with van der Waals surface area (Å²) in [4.78, 5) is 4.16. The van der Waals surface area contributed by atoms with Gasteiger partial charge < -0.3 is 15.4 Å². The molecule has 0 aromatic heterocycles. The number of guanidine groups is 1. The number of benzene rings is 1.